The summed E-state index contributed by atoms with van der Waals surface area (Å²) in [6, 6.07) is 1.96. The van der Waals surface area contributed by atoms with Crippen molar-refractivity contribution in [2.24, 2.45) is 0 Å². The Morgan fingerprint density at radius 2 is 2.00 bits per heavy atom. The molecule has 0 aliphatic carbocycles. The Bertz CT molecular complexity index is 370. The maximum atomic E-state index is 6.09. The predicted octanol–water partition coefficient (Wildman–Crippen LogP) is 1.50. The van der Waals surface area contributed by atoms with Gasteiger partial charge in [-0.2, -0.15) is 0 Å². The highest BCUT2D eigenvalue weighted by Crippen LogP contribution is 2.24. The number of nitrogen functional groups attached to an aromatic ring is 1. The Morgan fingerprint density at radius 1 is 1.29 bits per heavy atom. The number of nitrogens with zero attached hydrogens (tertiary/aromatic N) is 3. The molecular formula is C13H22N4. The van der Waals surface area contributed by atoms with E-state index in [0.29, 0.717) is 0 Å². The van der Waals surface area contributed by atoms with Gasteiger partial charge in [-0.15, -0.1) is 0 Å². The van der Waals surface area contributed by atoms with Gasteiger partial charge < -0.3 is 10.6 Å². The number of anilines is 2. The van der Waals surface area contributed by atoms with E-state index in [4.69, 9.17) is 5.73 Å². The quantitative estimate of drug-likeness (QED) is 0.861. The molecule has 0 spiro atoms. The highest BCUT2D eigenvalue weighted by atomic mass is 15.3. The fourth-order valence-corrected chi connectivity index (χ4v) is 2.31. The molecule has 0 unspecified atom stereocenters. The van der Waals surface area contributed by atoms with Gasteiger partial charge in [-0.25, -0.2) is 4.98 Å². The summed E-state index contributed by atoms with van der Waals surface area (Å²) in [7, 11) is 0. The first-order valence-electron chi connectivity index (χ1n) is 6.40. The number of rotatable bonds is 3. The minimum Gasteiger partial charge on any atom is -0.396 e. The molecule has 2 N–H and O–H groups in total. The molecular weight excluding hydrogens is 212 g/mol. The molecule has 1 aliphatic rings. The Kier molecular flexibility index (Phi) is 3.84. The summed E-state index contributed by atoms with van der Waals surface area (Å²) in [5, 5.41) is 0. The second-order valence-electron chi connectivity index (χ2n) is 4.69. The molecule has 17 heavy (non-hydrogen) atoms. The normalized spacial score (nSPS) is 17.4. The van der Waals surface area contributed by atoms with E-state index in [1.54, 1.807) is 0 Å². The van der Waals surface area contributed by atoms with Crippen molar-refractivity contribution in [2.45, 2.75) is 20.3 Å². The van der Waals surface area contributed by atoms with Gasteiger partial charge in [0.25, 0.3) is 0 Å². The van der Waals surface area contributed by atoms with Gasteiger partial charge >= 0.3 is 0 Å². The Balaban J connectivity index is 2.03. The van der Waals surface area contributed by atoms with Crippen LogP contribution in [0.15, 0.2) is 12.3 Å². The number of aromatic nitrogens is 1. The molecule has 0 atom stereocenters. The lowest BCUT2D eigenvalue weighted by Gasteiger charge is -2.35. The Hall–Kier alpha value is -1.29. The van der Waals surface area contributed by atoms with Crippen LogP contribution < -0.4 is 10.6 Å². The van der Waals surface area contributed by atoms with Crippen molar-refractivity contribution in [1.82, 2.24) is 9.88 Å². The molecule has 2 heterocycles. The third-order valence-corrected chi connectivity index (χ3v) is 3.40. The molecule has 1 fully saturated rings. The Labute approximate surface area is 103 Å². The summed E-state index contributed by atoms with van der Waals surface area (Å²) in [5.74, 6) is 0.959. The molecule has 2 rings (SSSR count). The maximum Gasteiger partial charge on any atom is 0.152 e. The van der Waals surface area contributed by atoms with Crippen LogP contribution in [-0.2, 0) is 0 Å². The molecule has 1 aliphatic heterocycles. The van der Waals surface area contributed by atoms with E-state index >= 15 is 0 Å². The highest BCUT2D eigenvalue weighted by molar-refractivity contribution is 5.66. The SMILES string of the molecule is CCCN1CCN(c2nccc(C)c2N)CC1. The van der Waals surface area contributed by atoms with Crippen LogP contribution >= 0.6 is 0 Å². The summed E-state index contributed by atoms with van der Waals surface area (Å²) in [4.78, 5) is 9.22. The number of piperazine rings is 1. The molecule has 0 bridgehead atoms. The van der Waals surface area contributed by atoms with Gasteiger partial charge in [0.15, 0.2) is 5.82 Å². The van der Waals surface area contributed by atoms with E-state index in [-0.39, 0.29) is 0 Å². The van der Waals surface area contributed by atoms with E-state index in [2.05, 4.69) is 21.7 Å². The van der Waals surface area contributed by atoms with Crippen molar-refractivity contribution in [3.05, 3.63) is 17.8 Å². The third-order valence-electron chi connectivity index (χ3n) is 3.40. The molecule has 4 heteroatoms. The van der Waals surface area contributed by atoms with Gasteiger partial charge in [0.05, 0.1) is 5.69 Å². The average molecular weight is 234 g/mol. The number of nitrogens with two attached hydrogens (primary N) is 1. The van der Waals surface area contributed by atoms with Gasteiger partial charge in [0.2, 0.25) is 0 Å². The first-order valence-corrected chi connectivity index (χ1v) is 6.40. The van der Waals surface area contributed by atoms with Crippen LogP contribution in [0.1, 0.15) is 18.9 Å². The summed E-state index contributed by atoms with van der Waals surface area (Å²) >= 11 is 0. The maximum absolute atomic E-state index is 6.09. The molecule has 0 saturated carbocycles. The molecule has 1 aromatic heterocycles. The van der Waals surface area contributed by atoms with Crippen LogP contribution in [-0.4, -0.2) is 42.6 Å². The van der Waals surface area contributed by atoms with Gasteiger partial charge in [0, 0.05) is 32.4 Å². The smallest absolute Gasteiger partial charge is 0.152 e. The molecule has 94 valence electrons. The topological polar surface area (TPSA) is 45.4 Å². The molecule has 4 nitrogen and oxygen atoms in total. The van der Waals surface area contributed by atoms with Crippen LogP contribution in [0.5, 0.6) is 0 Å². The van der Waals surface area contributed by atoms with Gasteiger partial charge in [-0.3, -0.25) is 4.90 Å². The van der Waals surface area contributed by atoms with Gasteiger partial charge in [-0.05, 0) is 31.5 Å². The summed E-state index contributed by atoms with van der Waals surface area (Å²) in [5.41, 5.74) is 8.04. The molecule has 1 saturated heterocycles. The standard InChI is InChI=1S/C13H22N4/c1-3-6-16-7-9-17(10-8-16)13-12(14)11(2)4-5-15-13/h4-5H,3,6-10,14H2,1-2H3. The zero-order valence-corrected chi connectivity index (χ0v) is 10.8. The minimum atomic E-state index is 0.830. The van der Waals surface area contributed by atoms with E-state index in [9.17, 15) is 0 Å². The first kappa shape index (κ1) is 12.2. The van der Waals surface area contributed by atoms with Crippen molar-refractivity contribution < 1.29 is 0 Å². The number of hydrogen-bond acceptors (Lipinski definition) is 4. The van der Waals surface area contributed by atoms with Crippen LogP contribution in [0.4, 0.5) is 11.5 Å². The lowest BCUT2D eigenvalue weighted by molar-refractivity contribution is 0.258. The van der Waals surface area contributed by atoms with Crippen LogP contribution in [0.25, 0.3) is 0 Å². The van der Waals surface area contributed by atoms with E-state index in [0.717, 1.165) is 43.2 Å². The average Bonchev–Trinajstić information content (AvgIpc) is 2.34. The van der Waals surface area contributed by atoms with Crippen molar-refractivity contribution in [3.63, 3.8) is 0 Å². The first-order chi connectivity index (χ1) is 8.22. The largest absolute Gasteiger partial charge is 0.396 e. The zero-order chi connectivity index (χ0) is 12.3. The monoisotopic (exact) mass is 234 g/mol. The Morgan fingerprint density at radius 3 is 2.65 bits per heavy atom. The minimum absolute atomic E-state index is 0.830. The summed E-state index contributed by atoms with van der Waals surface area (Å²) in [6.45, 7) is 9.75. The molecule has 1 aromatic rings. The van der Waals surface area contributed by atoms with Gasteiger partial charge in [-0.1, -0.05) is 6.92 Å². The fourth-order valence-electron chi connectivity index (χ4n) is 2.31. The van der Waals surface area contributed by atoms with Crippen molar-refractivity contribution >= 4 is 11.5 Å². The van der Waals surface area contributed by atoms with E-state index < -0.39 is 0 Å². The predicted molar refractivity (Wildman–Crippen MR) is 72.3 cm³/mol. The fraction of sp³-hybridized carbons (Fsp3) is 0.615. The molecule has 0 amide bonds. The van der Waals surface area contributed by atoms with Crippen LogP contribution in [0.2, 0.25) is 0 Å². The lowest BCUT2D eigenvalue weighted by Crippen LogP contribution is -2.47. The second kappa shape index (κ2) is 5.36. The highest BCUT2D eigenvalue weighted by Gasteiger charge is 2.19. The zero-order valence-electron chi connectivity index (χ0n) is 10.8. The lowest BCUT2D eigenvalue weighted by atomic mass is 10.2. The molecule has 0 aromatic carbocycles. The number of pyridine rings is 1. The number of aryl methyl sites for hydroxylation is 1. The second-order valence-corrected chi connectivity index (χ2v) is 4.69. The van der Waals surface area contributed by atoms with Gasteiger partial charge in [0.1, 0.15) is 0 Å². The van der Waals surface area contributed by atoms with Crippen molar-refractivity contribution in [2.75, 3.05) is 43.4 Å². The third kappa shape index (κ3) is 2.69. The van der Waals surface area contributed by atoms with Crippen LogP contribution in [0.3, 0.4) is 0 Å². The summed E-state index contributed by atoms with van der Waals surface area (Å²) < 4.78 is 0. The van der Waals surface area contributed by atoms with E-state index in [1.165, 1.54) is 13.0 Å². The van der Waals surface area contributed by atoms with Crippen LogP contribution in [0, 0.1) is 6.92 Å². The van der Waals surface area contributed by atoms with Crippen molar-refractivity contribution in [3.8, 4) is 0 Å². The molecule has 0 radical (unpaired) electrons. The summed E-state index contributed by atoms with van der Waals surface area (Å²) in [6.07, 6.45) is 3.07. The number of hydrogen-bond donors (Lipinski definition) is 1. The van der Waals surface area contributed by atoms with Crippen molar-refractivity contribution in [1.29, 1.82) is 0 Å². The van der Waals surface area contributed by atoms with E-state index in [1.807, 2.05) is 19.2 Å².